The zero-order valence-corrected chi connectivity index (χ0v) is 13.0. The molecule has 0 bridgehead atoms. The molecule has 0 spiro atoms. The monoisotopic (exact) mass is 325 g/mol. The van der Waals surface area contributed by atoms with Crippen molar-refractivity contribution in [2.24, 2.45) is 10.9 Å². The number of phenolic OH excluding ortho intramolecular Hbond substituents is 1. The number of aliphatic carboxylic acids is 1. The number of carboxylic acids is 1. The predicted molar refractivity (Wildman–Crippen MR) is 92.0 cm³/mol. The van der Waals surface area contributed by atoms with Crippen LogP contribution in [0.4, 0.5) is 0 Å². The Labute approximate surface area is 140 Å². The second-order valence-electron chi connectivity index (χ2n) is 6.00. The quantitative estimate of drug-likeness (QED) is 0.796. The molecule has 2 aliphatic rings. The van der Waals surface area contributed by atoms with Crippen molar-refractivity contribution in [3.8, 4) is 5.75 Å². The molecule has 0 fully saturated rings. The van der Waals surface area contributed by atoms with Gasteiger partial charge in [-0.15, -0.1) is 0 Å². The van der Waals surface area contributed by atoms with E-state index in [1.54, 1.807) is 36.4 Å². The van der Waals surface area contributed by atoms with Gasteiger partial charge in [0.15, 0.2) is 0 Å². The van der Waals surface area contributed by atoms with E-state index in [2.05, 4.69) is 4.99 Å². The molecule has 3 unspecified atom stereocenters. The second kappa shape index (κ2) is 6.84. The lowest BCUT2D eigenvalue weighted by Crippen LogP contribution is -2.27. The minimum atomic E-state index is -0.938. The van der Waals surface area contributed by atoms with E-state index in [0.717, 1.165) is 11.1 Å². The maximum Gasteiger partial charge on any atom is 0.312 e. The standard InChI is InChI=1S/C19H19NO4/c21-15-5-1-3-12(9-15)13-7-8-17(19(23)24)18(10-13)20-14-4-2-6-16(22)11-14/h1-5,7-10,16-18,21-22H,6,11H2,(H,23,24). The number of carboxylic acid groups (broad SMARTS) is 1. The largest absolute Gasteiger partial charge is 0.508 e. The van der Waals surface area contributed by atoms with Gasteiger partial charge in [0.1, 0.15) is 11.7 Å². The molecule has 0 aromatic heterocycles. The van der Waals surface area contributed by atoms with Crippen LogP contribution in [-0.4, -0.2) is 39.1 Å². The number of allylic oxidation sites excluding steroid dienone is 3. The lowest BCUT2D eigenvalue weighted by molar-refractivity contribution is -0.140. The fourth-order valence-electron chi connectivity index (χ4n) is 2.93. The fraction of sp³-hybridized carbons (Fsp3) is 0.263. The average Bonchev–Trinajstić information content (AvgIpc) is 2.54. The van der Waals surface area contributed by atoms with E-state index in [1.807, 2.05) is 18.2 Å². The van der Waals surface area contributed by atoms with Crippen molar-refractivity contribution in [2.75, 3.05) is 0 Å². The summed E-state index contributed by atoms with van der Waals surface area (Å²) in [6.07, 6.45) is 9.41. The topological polar surface area (TPSA) is 90.1 Å². The Morgan fingerprint density at radius 3 is 2.79 bits per heavy atom. The van der Waals surface area contributed by atoms with Crippen molar-refractivity contribution in [3.63, 3.8) is 0 Å². The highest BCUT2D eigenvalue weighted by molar-refractivity contribution is 5.96. The Kier molecular flexibility index (Phi) is 4.62. The molecule has 24 heavy (non-hydrogen) atoms. The molecule has 0 amide bonds. The smallest absolute Gasteiger partial charge is 0.312 e. The summed E-state index contributed by atoms with van der Waals surface area (Å²) < 4.78 is 0. The van der Waals surface area contributed by atoms with Crippen LogP contribution >= 0.6 is 0 Å². The van der Waals surface area contributed by atoms with Crippen LogP contribution in [0, 0.1) is 5.92 Å². The van der Waals surface area contributed by atoms with E-state index in [4.69, 9.17) is 0 Å². The minimum Gasteiger partial charge on any atom is -0.508 e. The van der Waals surface area contributed by atoms with Crippen molar-refractivity contribution < 1.29 is 20.1 Å². The zero-order valence-electron chi connectivity index (χ0n) is 13.0. The number of benzene rings is 1. The molecule has 124 valence electrons. The number of aliphatic imine (C=N–C) groups is 1. The van der Waals surface area contributed by atoms with E-state index in [-0.39, 0.29) is 5.75 Å². The molecule has 1 aromatic rings. The Bertz CT molecular complexity index is 760. The Morgan fingerprint density at radius 2 is 2.08 bits per heavy atom. The summed E-state index contributed by atoms with van der Waals surface area (Å²) in [6, 6.07) is 6.26. The molecule has 0 saturated carbocycles. The SMILES string of the molecule is O=C(O)C1C=CC(c2cccc(O)c2)=CC1N=C1C=CCC(O)C1. The lowest BCUT2D eigenvalue weighted by Gasteiger charge is -2.22. The third kappa shape index (κ3) is 3.63. The van der Waals surface area contributed by atoms with Gasteiger partial charge in [-0.2, -0.15) is 0 Å². The third-order valence-corrected chi connectivity index (χ3v) is 4.14. The molecule has 3 rings (SSSR count). The van der Waals surface area contributed by atoms with Crippen LogP contribution in [0.15, 0.2) is 59.6 Å². The molecule has 5 heteroatoms. The Morgan fingerprint density at radius 1 is 1.25 bits per heavy atom. The van der Waals surface area contributed by atoms with Crippen molar-refractivity contribution >= 4 is 17.3 Å². The van der Waals surface area contributed by atoms with Crippen LogP contribution < -0.4 is 0 Å². The molecule has 0 radical (unpaired) electrons. The van der Waals surface area contributed by atoms with E-state index < -0.39 is 24.0 Å². The molecule has 1 aromatic carbocycles. The van der Waals surface area contributed by atoms with Crippen LogP contribution in [0.1, 0.15) is 18.4 Å². The first-order chi connectivity index (χ1) is 11.5. The van der Waals surface area contributed by atoms with Crippen molar-refractivity contribution in [3.05, 3.63) is 60.2 Å². The summed E-state index contributed by atoms with van der Waals surface area (Å²) in [6.45, 7) is 0. The van der Waals surface area contributed by atoms with Gasteiger partial charge >= 0.3 is 5.97 Å². The number of hydrogen-bond acceptors (Lipinski definition) is 4. The van der Waals surface area contributed by atoms with E-state index in [9.17, 15) is 20.1 Å². The van der Waals surface area contributed by atoms with E-state index >= 15 is 0 Å². The van der Waals surface area contributed by atoms with Gasteiger partial charge in [-0.25, -0.2) is 0 Å². The van der Waals surface area contributed by atoms with E-state index in [1.165, 1.54) is 0 Å². The highest BCUT2D eigenvalue weighted by atomic mass is 16.4. The lowest BCUT2D eigenvalue weighted by atomic mass is 9.89. The van der Waals surface area contributed by atoms with E-state index in [0.29, 0.717) is 18.6 Å². The van der Waals surface area contributed by atoms with Crippen molar-refractivity contribution in [1.29, 1.82) is 0 Å². The highest BCUT2D eigenvalue weighted by Crippen LogP contribution is 2.29. The first kappa shape index (κ1) is 16.2. The number of hydrogen-bond donors (Lipinski definition) is 3. The number of phenols is 1. The van der Waals surface area contributed by atoms with Crippen LogP contribution in [-0.2, 0) is 4.79 Å². The van der Waals surface area contributed by atoms with Gasteiger partial charge in [-0.1, -0.05) is 36.4 Å². The van der Waals surface area contributed by atoms with Gasteiger partial charge in [0.05, 0.1) is 12.1 Å². The van der Waals surface area contributed by atoms with Gasteiger partial charge in [0, 0.05) is 12.1 Å². The van der Waals surface area contributed by atoms with Crippen LogP contribution in [0.25, 0.3) is 5.57 Å². The average molecular weight is 325 g/mol. The fourth-order valence-corrected chi connectivity index (χ4v) is 2.93. The number of aromatic hydroxyl groups is 1. The molecular weight excluding hydrogens is 306 g/mol. The van der Waals surface area contributed by atoms with Crippen LogP contribution in [0.2, 0.25) is 0 Å². The molecule has 0 heterocycles. The first-order valence-electron chi connectivity index (χ1n) is 7.86. The van der Waals surface area contributed by atoms with Gasteiger partial charge in [0.25, 0.3) is 0 Å². The Balaban J connectivity index is 1.94. The number of aliphatic hydroxyl groups is 1. The first-order valence-corrected chi connectivity index (χ1v) is 7.86. The summed E-state index contributed by atoms with van der Waals surface area (Å²) in [7, 11) is 0. The maximum atomic E-state index is 11.5. The molecule has 0 saturated heterocycles. The normalized spacial score (nSPS) is 28.0. The van der Waals surface area contributed by atoms with Gasteiger partial charge < -0.3 is 15.3 Å². The third-order valence-electron chi connectivity index (χ3n) is 4.14. The van der Waals surface area contributed by atoms with Gasteiger partial charge in [-0.05, 0) is 35.8 Å². The van der Waals surface area contributed by atoms with Gasteiger partial charge in [0.2, 0.25) is 0 Å². The number of carbonyl (C=O) groups is 1. The molecular formula is C19H19NO4. The number of aliphatic hydroxyl groups excluding tert-OH is 1. The molecule has 5 nitrogen and oxygen atoms in total. The summed E-state index contributed by atoms with van der Waals surface area (Å²) in [5, 5.41) is 28.8. The minimum absolute atomic E-state index is 0.156. The summed E-state index contributed by atoms with van der Waals surface area (Å²) in [5.41, 5.74) is 2.32. The van der Waals surface area contributed by atoms with Crippen LogP contribution in [0.3, 0.4) is 0 Å². The number of rotatable bonds is 3. The van der Waals surface area contributed by atoms with Crippen molar-refractivity contribution in [2.45, 2.75) is 25.0 Å². The van der Waals surface area contributed by atoms with Gasteiger partial charge in [-0.3, -0.25) is 9.79 Å². The molecule has 2 aliphatic carbocycles. The maximum absolute atomic E-state index is 11.5. The zero-order chi connectivity index (χ0) is 17.1. The van der Waals surface area contributed by atoms with Crippen LogP contribution in [0.5, 0.6) is 5.75 Å². The summed E-state index contributed by atoms with van der Waals surface area (Å²) in [5.74, 6) is -1.53. The predicted octanol–water partition coefficient (Wildman–Crippen LogP) is 2.57. The number of nitrogens with zero attached hydrogens (tertiary/aromatic N) is 1. The Hall–Kier alpha value is -2.66. The highest BCUT2D eigenvalue weighted by Gasteiger charge is 2.28. The molecule has 3 atom stereocenters. The second-order valence-corrected chi connectivity index (χ2v) is 6.00. The molecule has 0 aliphatic heterocycles. The summed E-state index contributed by atoms with van der Waals surface area (Å²) in [4.78, 5) is 16.1. The molecule has 3 N–H and O–H groups in total. The van der Waals surface area contributed by atoms with Crippen molar-refractivity contribution in [1.82, 2.24) is 0 Å². The summed E-state index contributed by atoms with van der Waals surface area (Å²) >= 11 is 0.